The van der Waals surface area contributed by atoms with Gasteiger partial charge in [0, 0.05) is 35.3 Å². The normalized spacial score (nSPS) is 22.7. The molecule has 4 aromatic rings. The van der Waals surface area contributed by atoms with Crippen LogP contribution in [0.15, 0.2) is 94.7 Å². The van der Waals surface area contributed by atoms with Gasteiger partial charge in [-0.15, -0.1) is 0 Å². The van der Waals surface area contributed by atoms with Gasteiger partial charge in [-0.05, 0) is 87.4 Å². The molecule has 4 heterocycles. The monoisotopic (exact) mass is 910 g/mol. The number of carbonyl (C=O) groups excluding carboxylic acids is 2. The summed E-state index contributed by atoms with van der Waals surface area (Å²) < 4.78 is 146. The molecule has 4 aliphatic rings. The second-order valence-electron chi connectivity index (χ2n) is 16.1. The van der Waals surface area contributed by atoms with E-state index >= 15 is 0 Å². The van der Waals surface area contributed by atoms with E-state index in [-0.39, 0.29) is 46.8 Å². The number of carbonyl (C=O) groups is 2. The summed E-state index contributed by atoms with van der Waals surface area (Å²) in [5.74, 6) is -1.59. The number of nitrogens with zero attached hydrogens (tertiary/aromatic N) is 3. The molecule has 0 bridgehead atoms. The lowest BCUT2D eigenvalue weighted by atomic mass is 9.85. The van der Waals surface area contributed by atoms with E-state index in [1.807, 2.05) is 0 Å². The zero-order valence-corrected chi connectivity index (χ0v) is 34.4. The number of ether oxygens (including phenoxy) is 2. The summed E-state index contributed by atoms with van der Waals surface area (Å²) in [7, 11) is -11.9. The van der Waals surface area contributed by atoms with Gasteiger partial charge in [-0.1, -0.05) is 36.4 Å². The van der Waals surface area contributed by atoms with Gasteiger partial charge in [0.2, 0.25) is 12.2 Å². The van der Waals surface area contributed by atoms with Crippen molar-refractivity contribution in [2.24, 2.45) is 0 Å². The molecule has 0 saturated carbocycles. The summed E-state index contributed by atoms with van der Waals surface area (Å²) >= 11 is 0. The number of sulfone groups is 2. The zero-order chi connectivity index (χ0) is 45.1. The maximum atomic E-state index is 14.3. The summed E-state index contributed by atoms with van der Waals surface area (Å²) in [5.41, 5.74) is -13.9. The predicted octanol–water partition coefficient (Wildman–Crippen LogP) is 7.09. The topological polar surface area (TPSA) is 166 Å². The first-order chi connectivity index (χ1) is 28.7. The Labute approximate surface area is 349 Å². The van der Waals surface area contributed by atoms with Gasteiger partial charge < -0.3 is 19.3 Å². The Bertz CT molecular complexity index is 2610. The fraction of sp³-hybridized carbons (Fsp3) is 0.350. The van der Waals surface area contributed by atoms with Crippen molar-refractivity contribution in [3.8, 4) is 11.5 Å². The number of halogens is 6. The Balaban J connectivity index is 1.22. The minimum absolute atomic E-state index is 0.140. The van der Waals surface area contributed by atoms with Gasteiger partial charge in [0.05, 0.1) is 9.79 Å². The molecule has 22 heteroatoms. The number of hydrogen-bond donors (Lipinski definition) is 0. The van der Waals surface area contributed by atoms with E-state index in [2.05, 4.69) is 0 Å². The van der Waals surface area contributed by atoms with Gasteiger partial charge in [-0.2, -0.15) is 36.0 Å². The minimum atomic E-state index is -5.95. The number of fused-ring (bicyclic) bond motifs is 4. The average molecular weight is 911 g/mol. The van der Waals surface area contributed by atoms with Crippen molar-refractivity contribution in [3.63, 3.8) is 0 Å². The number of rotatable bonds is 8. The Morgan fingerprint density at radius 3 is 1.31 bits per heavy atom. The summed E-state index contributed by atoms with van der Waals surface area (Å²) in [6, 6.07) is 14.3. The minimum Gasteiger partial charge on any atom is -0.483 e. The molecule has 4 atom stereocenters. The van der Waals surface area contributed by atoms with E-state index < -0.39 is 92.9 Å². The lowest BCUT2D eigenvalue weighted by Gasteiger charge is -2.45. The van der Waals surface area contributed by atoms with Crippen LogP contribution in [0.3, 0.4) is 0 Å². The number of alkyl halides is 6. The van der Waals surface area contributed by atoms with Crippen LogP contribution in [-0.4, -0.2) is 78.0 Å². The lowest BCUT2D eigenvalue weighted by molar-refractivity contribution is -0.997. The third-order valence-electron chi connectivity index (χ3n) is 11.3. The molecular formula is C40H34F6N3O11S2+. The first kappa shape index (κ1) is 42.8. The zero-order valence-electron chi connectivity index (χ0n) is 32.7. The highest BCUT2D eigenvalue weighted by molar-refractivity contribution is 7.92. The average Bonchev–Trinajstić information content (AvgIpc) is 3.69. The van der Waals surface area contributed by atoms with Gasteiger partial charge in [0.1, 0.15) is 39.7 Å². The molecule has 8 rings (SSSR count). The van der Waals surface area contributed by atoms with Crippen LogP contribution < -0.4 is 9.47 Å². The second-order valence-corrected chi connectivity index (χ2v) is 19.9. The molecule has 0 fully saturated rings. The Morgan fingerprint density at radius 2 is 0.968 bits per heavy atom. The fourth-order valence-corrected chi connectivity index (χ4v) is 9.91. The molecule has 2 amide bonds. The molecule has 0 N–H and O–H groups in total. The number of benzene rings is 4. The number of amides is 2. The summed E-state index contributed by atoms with van der Waals surface area (Å²) in [6.07, 6.45) is -3.43. The van der Waals surface area contributed by atoms with E-state index in [0.717, 1.165) is 12.1 Å². The SMILES string of the molecule is CC1(C)Oc2ccc(S(=O)(=O)C(F)(F)F)cc2C(N2Cc3ccccc3C2=O)C1O[N+](=O)OC1C(N2Cc3ccccc3C2=O)c2cc(S(=O)(=O)C(F)(F)F)ccc2OC1(C)C. The summed E-state index contributed by atoms with van der Waals surface area (Å²) in [6.45, 7) is 5.34. The first-order valence-electron chi connectivity index (χ1n) is 18.6. The van der Waals surface area contributed by atoms with Crippen LogP contribution in [0, 0.1) is 4.91 Å². The fourth-order valence-electron chi connectivity index (χ4n) is 8.32. The van der Waals surface area contributed by atoms with Crippen molar-refractivity contribution >= 4 is 31.5 Å². The van der Waals surface area contributed by atoms with Crippen molar-refractivity contribution in [1.29, 1.82) is 0 Å². The largest absolute Gasteiger partial charge is 0.501 e. The lowest BCUT2D eigenvalue weighted by Crippen LogP contribution is -2.58. The quantitative estimate of drug-likeness (QED) is 0.131. The van der Waals surface area contributed by atoms with Crippen LogP contribution >= 0.6 is 0 Å². The Hall–Kier alpha value is -5.90. The molecule has 0 aliphatic carbocycles. The van der Waals surface area contributed by atoms with E-state index in [1.54, 1.807) is 36.4 Å². The first-order valence-corrected chi connectivity index (χ1v) is 21.6. The maximum absolute atomic E-state index is 14.3. The highest BCUT2D eigenvalue weighted by atomic mass is 32.2. The molecule has 0 radical (unpaired) electrons. The third kappa shape index (κ3) is 6.77. The van der Waals surface area contributed by atoms with E-state index in [9.17, 15) is 57.7 Å². The molecule has 0 spiro atoms. The number of hydrogen-bond acceptors (Lipinski definition) is 11. The Morgan fingerprint density at radius 1 is 0.613 bits per heavy atom. The van der Waals surface area contributed by atoms with Gasteiger partial charge in [0.25, 0.3) is 31.5 Å². The highest BCUT2D eigenvalue weighted by Crippen LogP contribution is 2.51. The molecule has 4 aromatic carbocycles. The van der Waals surface area contributed by atoms with E-state index in [1.165, 1.54) is 49.6 Å². The van der Waals surface area contributed by atoms with Crippen LogP contribution in [0.2, 0.25) is 0 Å². The van der Waals surface area contributed by atoms with E-state index in [0.29, 0.717) is 35.4 Å². The van der Waals surface area contributed by atoms with Crippen molar-refractivity contribution in [2.75, 3.05) is 0 Å². The van der Waals surface area contributed by atoms with Gasteiger partial charge in [-0.25, -0.2) is 16.8 Å². The maximum Gasteiger partial charge on any atom is 0.501 e. The van der Waals surface area contributed by atoms with Crippen LogP contribution in [0.1, 0.15) is 82.7 Å². The molecule has 14 nitrogen and oxygen atoms in total. The molecular weight excluding hydrogens is 877 g/mol. The smallest absolute Gasteiger partial charge is 0.483 e. The van der Waals surface area contributed by atoms with Gasteiger partial charge >= 0.3 is 16.1 Å². The van der Waals surface area contributed by atoms with Crippen molar-refractivity contribution in [3.05, 3.63) is 123 Å². The van der Waals surface area contributed by atoms with Crippen molar-refractivity contribution in [2.45, 2.75) is 97.1 Å². The predicted molar refractivity (Wildman–Crippen MR) is 200 cm³/mol. The van der Waals surface area contributed by atoms with Crippen LogP contribution in [0.4, 0.5) is 26.3 Å². The van der Waals surface area contributed by atoms with Gasteiger partial charge in [-0.3, -0.25) is 9.59 Å². The van der Waals surface area contributed by atoms with Crippen molar-refractivity contribution < 1.29 is 77.0 Å². The molecule has 4 aliphatic heterocycles. The molecule has 0 saturated heterocycles. The van der Waals surface area contributed by atoms with E-state index in [4.69, 9.17) is 19.1 Å². The standard InChI is InChI=1S/C40H34F6N3O11S2/c1-37(2)33(31(47-19-21-9-5-7-11-25(21)35(47)50)27-17-23(13-15-29(27)57-37)61(53,54)39(41,42)43)59-49(52)60-34-32(48-20-22-10-6-8-12-26(22)36(48)51)28-18-24(62(55,56)40(44,45)46)14-16-30(28)58-38(34,3)4/h5-18,31-34H,19-20H2,1-4H3/q+1. The second kappa shape index (κ2) is 14.1. The van der Waals surface area contributed by atoms with Crippen LogP contribution in [-0.2, 0) is 42.4 Å². The van der Waals surface area contributed by atoms with Crippen molar-refractivity contribution in [1.82, 2.24) is 9.80 Å². The van der Waals surface area contributed by atoms with Crippen LogP contribution in [0.5, 0.6) is 11.5 Å². The van der Waals surface area contributed by atoms with Gasteiger partial charge in [0.15, 0.2) is 0 Å². The molecule has 4 unspecified atom stereocenters. The van der Waals surface area contributed by atoms with Crippen LogP contribution in [0.25, 0.3) is 0 Å². The molecule has 0 aromatic heterocycles. The summed E-state index contributed by atoms with van der Waals surface area (Å²) in [5, 5.41) is -0.421. The highest BCUT2D eigenvalue weighted by Gasteiger charge is 2.59. The Kier molecular flexibility index (Phi) is 9.70. The molecule has 328 valence electrons. The molecule has 62 heavy (non-hydrogen) atoms. The summed E-state index contributed by atoms with van der Waals surface area (Å²) in [4.78, 5) is 54.1. The third-order valence-corrected chi connectivity index (χ3v) is 14.3.